The van der Waals surface area contributed by atoms with Gasteiger partial charge in [-0.15, -0.1) is 13.2 Å². The van der Waals surface area contributed by atoms with Crippen molar-refractivity contribution < 1.29 is 31.1 Å². The van der Waals surface area contributed by atoms with Gasteiger partial charge in [0.15, 0.2) is 0 Å². The molecule has 0 saturated heterocycles. The van der Waals surface area contributed by atoms with Crippen molar-refractivity contribution in [2.45, 2.75) is 38.2 Å². The van der Waals surface area contributed by atoms with Gasteiger partial charge >= 0.3 is 6.36 Å². The summed E-state index contributed by atoms with van der Waals surface area (Å²) in [4.78, 5) is 3.80. The van der Waals surface area contributed by atoms with Gasteiger partial charge in [-0.25, -0.2) is 8.42 Å². The molecule has 0 N–H and O–H groups in total. The highest BCUT2D eigenvalue weighted by Crippen LogP contribution is 2.27. The van der Waals surface area contributed by atoms with Gasteiger partial charge in [0.1, 0.15) is 11.5 Å². The first-order valence-electron chi connectivity index (χ1n) is 10.5. The Morgan fingerprint density at radius 3 is 1.91 bits per heavy atom. The molecule has 10 heteroatoms. The van der Waals surface area contributed by atoms with E-state index in [1.165, 1.54) is 4.31 Å². The molecule has 0 saturated carbocycles. The highest BCUT2D eigenvalue weighted by atomic mass is 32.2. The lowest BCUT2D eigenvalue weighted by Gasteiger charge is -2.23. The van der Waals surface area contributed by atoms with Crippen molar-refractivity contribution in [1.29, 1.82) is 0 Å². The second kappa shape index (κ2) is 10.9. The first-order chi connectivity index (χ1) is 16.0. The molecular weight excluding hydrogens is 469 g/mol. The molecule has 0 radical (unpaired) electrons. The van der Waals surface area contributed by atoms with E-state index < -0.39 is 22.1 Å². The monoisotopic (exact) mass is 494 g/mol. The van der Waals surface area contributed by atoms with E-state index in [0.717, 1.165) is 29.8 Å². The molecule has 1 heterocycles. The second-order valence-electron chi connectivity index (χ2n) is 8.00. The van der Waals surface area contributed by atoms with Gasteiger partial charge in [-0.05, 0) is 65.6 Å². The number of hydrogen-bond donors (Lipinski definition) is 0. The summed E-state index contributed by atoms with van der Waals surface area (Å²) in [5.41, 5.74) is 1.44. The number of alkyl halides is 3. The third-order valence-corrected chi connectivity index (χ3v) is 6.47. The summed E-state index contributed by atoms with van der Waals surface area (Å²) >= 11 is 0. The lowest BCUT2D eigenvalue weighted by molar-refractivity contribution is -0.274. The number of halogens is 3. The summed E-state index contributed by atoms with van der Waals surface area (Å²) in [6, 6.07) is 14.7. The second-order valence-corrected chi connectivity index (χ2v) is 9.93. The molecule has 0 aliphatic heterocycles. The highest BCUT2D eigenvalue weighted by molar-refractivity contribution is 7.89. The topological polar surface area (TPSA) is 68.7 Å². The number of ether oxygens (including phenoxy) is 2. The molecule has 1 aromatic heterocycles. The van der Waals surface area contributed by atoms with Gasteiger partial charge in [-0.3, -0.25) is 4.98 Å². The van der Waals surface area contributed by atoms with Crippen LogP contribution in [0, 0.1) is 5.92 Å². The fraction of sp³-hybridized carbons (Fsp3) is 0.292. The van der Waals surface area contributed by atoms with Gasteiger partial charge < -0.3 is 9.47 Å². The standard InChI is InChI=1S/C24H25F3N2O4S/c1-18(2)17-32-21-5-3-19(4-6-21)15-29(16-20-11-13-28-14-12-20)34(30,31)23-9-7-22(8-10-23)33-24(25,26)27/h3-14,18H,15-17H2,1-2H3. The summed E-state index contributed by atoms with van der Waals surface area (Å²) in [5.74, 6) is 0.555. The maximum absolute atomic E-state index is 13.4. The van der Waals surface area contributed by atoms with Crippen LogP contribution in [0.15, 0.2) is 78.0 Å². The van der Waals surface area contributed by atoms with Gasteiger partial charge in [0.2, 0.25) is 10.0 Å². The molecule has 0 unspecified atom stereocenters. The zero-order chi connectivity index (χ0) is 24.8. The lowest BCUT2D eigenvalue weighted by atomic mass is 10.2. The van der Waals surface area contributed by atoms with Crippen LogP contribution in [0.25, 0.3) is 0 Å². The van der Waals surface area contributed by atoms with Crippen LogP contribution in [-0.4, -0.2) is 30.7 Å². The minimum Gasteiger partial charge on any atom is -0.493 e. The largest absolute Gasteiger partial charge is 0.573 e. The van der Waals surface area contributed by atoms with E-state index in [1.807, 2.05) is 13.8 Å². The molecule has 0 aliphatic carbocycles. The fourth-order valence-corrected chi connectivity index (χ4v) is 4.45. The highest BCUT2D eigenvalue weighted by Gasteiger charge is 2.31. The first kappa shape index (κ1) is 25.5. The van der Waals surface area contributed by atoms with Crippen LogP contribution >= 0.6 is 0 Å². The quantitative estimate of drug-likeness (QED) is 0.377. The molecule has 3 rings (SSSR count). The van der Waals surface area contributed by atoms with Crippen LogP contribution in [0.2, 0.25) is 0 Å². The Labute approximate surface area is 197 Å². The van der Waals surface area contributed by atoms with E-state index in [2.05, 4.69) is 9.72 Å². The maximum Gasteiger partial charge on any atom is 0.573 e. The molecule has 0 aliphatic rings. The van der Waals surface area contributed by atoms with Gasteiger partial charge in [0.05, 0.1) is 11.5 Å². The van der Waals surface area contributed by atoms with Crippen molar-refractivity contribution in [3.8, 4) is 11.5 Å². The fourth-order valence-electron chi connectivity index (χ4n) is 3.04. The number of rotatable bonds is 10. The third-order valence-electron chi connectivity index (χ3n) is 4.67. The van der Waals surface area contributed by atoms with Crippen LogP contribution in [0.5, 0.6) is 11.5 Å². The third kappa shape index (κ3) is 7.46. The zero-order valence-corrected chi connectivity index (χ0v) is 19.5. The van der Waals surface area contributed by atoms with Crippen molar-refractivity contribution in [1.82, 2.24) is 9.29 Å². The molecule has 0 atom stereocenters. The molecule has 0 bridgehead atoms. The number of nitrogens with zero attached hydrogens (tertiary/aromatic N) is 2. The van der Waals surface area contributed by atoms with E-state index >= 15 is 0 Å². The van der Waals surface area contributed by atoms with Gasteiger partial charge in [-0.1, -0.05) is 26.0 Å². The van der Waals surface area contributed by atoms with Crippen molar-refractivity contribution in [3.63, 3.8) is 0 Å². The summed E-state index contributed by atoms with van der Waals surface area (Å²) in [6.07, 6.45) is -1.74. The average molecular weight is 495 g/mol. The molecule has 6 nitrogen and oxygen atoms in total. The summed E-state index contributed by atoms with van der Waals surface area (Å²) in [5, 5.41) is 0. The number of pyridine rings is 1. The summed E-state index contributed by atoms with van der Waals surface area (Å²) < 4.78 is 74.9. The van der Waals surface area contributed by atoms with E-state index in [4.69, 9.17) is 4.74 Å². The molecule has 2 aromatic carbocycles. The molecule has 34 heavy (non-hydrogen) atoms. The van der Waals surface area contributed by atoms with Crippen molar-refractivity contribution >= 4 is 10.0 Å². The van der Waals surface area contributed by atoms with Crippen LogP contribution < -0.4 is 9.47 Å². The Balaban J connectivity index is 1.85. The summed E-state index contributed by atoms with van der Waals surface area (Å²) in [6.45, 7) is 4.75. The molecule has 0 spiro atoms. The van der Waals surface area contributed by atoms with E-state index in [0.29, 0.717) is 23.8 Å². The first-order valence-corrected chi connectivity index (χ1v) is 11.9. The van der Waals surface area contributed by atoms with E-state index in [9.17, 15) is 21.6 Å². The van der Waals surface area contributed by atoms with Crippen LogP contribution in [-0.2, 0) is 23.1 Å². The van der Waals surface area contributed by atoms with Crippen molar-refractivity contribution in [3.05, 3.63) is 84.2 Å². The minimum absolute atomic E-state index is 0.0515. The Hall–Kier alpha value is -3.11. The Kier molecular flexibility index (Phi) is 8.16. The predicted octanol–water partition coefficient (Wildman–Crippen LogP) is 5.41. The molecule has 0 fully saturated rings. The van der Waals surface area contributed by atoms with Crippen LogP contribution in [0.3, 0.4) is 0 Å². The van der Waals surface area contributed by atoms with Gasteiger partial charge in [-0.2, -0.15) is 4.31 Å². The number of aromatic nitrogens is 1. The van der Waals surface area contributed by atoms with E-state index in [1.54, 1.807) is 48.8 Å². The summed E-state index contributed by atoms with van der Waals surface area (Å²) in [7, 11) is -4.04. The molecular formula is C24H25F3N2O4S. The minimum atomic E-state index is -4.86. The smallest absolute Gasteiger partial charge is 0.493 e. The lowest BCUT2D eigenvalue weighted by Crippen LogP contribution is -2.30. The Morgan fingerprint density at radius 1 is 0.853 bits per heavy atom. The van der Waals surface area contributed by atoms with Crippen LogP contribution in [0.1, 0.15) is 25.0 Å². The van der Waals surface area contributed by atoms with Gasteiger partial charge in [0, 0.05) is 25.5 Å². The molecule has 182 valence electrons. The maximum atomic E-state index is 13.4. The van der Waals surface area contributed by atoms with E-state index in [-0.39, 0.29) is 18.0 Å². The normalized spacial score (nSPS) is 12.2. The Morgan fingerprint density at radius 2 is 1.38 bits per heavy atom. The number of sulfonamides is 1. The van der Waals surface area contributed by atoms with Crippen LogP contribution in [0.4, 0.5) is 13.2 Å². The molecule has 0 amide bonds. The zero-order valence-electron chi connectivity index (χ0n) is 18.7. The van der Waals surface area contributed by atoms with Gasteiger partial charge in [0.25, 0.3) is 0 Å². The Bertz CT molecular complexity index is 1150. The average Bonchev–Trinajstić information content (AvgIpc) is 2.78. The molecule has 3 aromatic rings. The predicted molar refractivity (Wildman–Crippen MR) is 121 cm³/mol. The number of hydrogen-bond acceptors (Lipinski definition) is 5. The van der Waals surface area contributed by atoms with Crippen molar-refractivity contribution in [2.75, 3.05) is 6.61 Å². The van der Waals surface area contributed by atoms with Crippen molar-refractivity contribution in [2.24, 2.45) is 5.92 Å². The number of benzene rings is 2. The SMILES string of the molecule is CC(C)COc1ccc(CN(Cc2ccncc2)S(=O)(=O)c2ccc(OC(F)(F)F)cc2)cc1.